The maximum Gasteiger partial charge on any atom is 0.292 e. The molecule has 2 aromatic rings. The highest BCUT2D eigenvalue weighted by Crippen LogP contribution is 2.25. The number of nitro groups is 1. The summed E-state index contributed by atoms with van der Waals surface area (Å²) in [5.74, 6) is -0.505. The number of carbonyl (C=O) groups is 1. The standard InChI is InChI=1S/C16H21N5O4/c1-11-4-5-13(14(8-11)21(24)25)17-6-3-7-18-16(23)15(22)12-9-19-20(2)10-12/h4-5,8-10,15,17,22H,3,6-7H2,1-2H3,(H,18,23)/t15-/m1/s1. The third kappa shape index (κ3) is 5.01. The van der Waals surface area contributed by atoms with Crippen molar-refractivity contribution in [1.82, 2.24) is 15.1 Å². The molecule has 25 heavy (non-hydrogen) atoms. The van der Waals surface area contributed by atoms with Gasteiger partial charge >= 0.3 is 0 Å². The van der Waals surface area contributed by atoms with Crippen molar-refractivity contribution in [1.29, 1.82) is 0 Å². The van der Waals surface area contributed by atoms with E-state index in [2.05, 4.69) is 15.7 Å². The maximum absolute atomic E-state index is 11.9. The fourth-order valence-corrected chi connectivity index (χ4v) is 2.29. The van der Waals surface area contributed by atoms with Crippen LogP contribution in [0.3, 0.4) is 0 Å². The minimum absolute atomic E-state index is 0.0241. The van der Waals surface area contributed by atoms with E-state index < -0.39 is 16.9 Å². The lowest BCUT2D eigenvalue weighted by molar-refractivity contribution is -0.384. The molecule has 134 valence electrons. The molecule has 1 aromatic heterocycles. The van der Waals surface area contributed by atoms with E-state index >= 15 is 0 Å². The second-order valence-corrected chi connectivity index (χ2v) is 5.70. The Kier molecular flexibility index (Phi) is 6.07. The zero-order valence-corrected chi connectivity index (χ0v) is 14.1. The van der Waals surface area contributed by atoms with E-state index in [1.54, 1.807) is 32.3 Å². The Morgan fingerprint density at radius 2 is 2.20 bits per heavy atom. The summed E-state index contributed by atoms with van der Waals surface area (Å²) in [5, 5.41) is 30.5. The van der Waals surface area contributed by atoms with Crippen LogP contribution in [0.1, 0.15) is 23.7 Å². The lowest BCUT2D eigenvalue weighted by atomic mass is 10.2. The summed E-state index contributed by atoms with van der Waals surface area (Å²) in [6.07, 6.45) is 2.29. The first-order valence-corrected chi connectivity index (χ1v) is 7.81. The van der Waals surface area contributed by atoms with E-state index in [0.717, 1.165) is 5.56 Å². The number of aliphatic hydroxyl groups excluding tert-OH is 1. The average Bonchev–Trinajstić information content (AvgIpc) is 3.01. The number of aliphatic hydroxyl groups is 1. The Balaban J connectivity index is 1.76. The predicted octanol–water partition coefficient (Wildman–Crippen LogP) is 1.29. The number of hydrogen-bond donors (Lipinski definition) is 3. The Morgan fingerprint density at radius 1 is 1.44 bits per heavy atom. The van der Waals surface area contributed by atoms with Gasteiger partial charge in [0, 0.05) is 38.0 Å². The summed E-state index contributed by atoms with van der Waals surface area (Å²) in [5.41, 5.74) is 1.70. The molecule has 1 aromatic carbocycles. The molecule has 0 unspecified atom stereocenters. The van der Waals surface area contributed by atoms with Crippen LogP contribution >= 0.6 is 0 Å². The smallest absolute Gasteiger partial charge is 0.292 e. The van der Waals surface area contributed by atoms with Crippen LogP contribution in [-0.4, -0.2) is 38.8 Å². The van der Waals surface area contributed by atoms with Gasteiger partial charge in [0.1, 0.15) is 5.69 Å². The molecular formula is C16H21N5O4. The third-order valence-corrected chi connectivity index (χ3v) is 3.61. The topological polar surface area (TPSA) is 122 Å². The summed E-state index contributed by atoms with van der Waals surface area (Å²) in [6.45, 7) is 2.58. The molecule has 1 amide bonds. The molecule has 9 nitrogen and oxygen atoms in total. The van der Waals surface area contributed by atoms with Crippen molar-refractivity contribution in [2.45, 2.75) is 19.4 Å². The van der Waals surface area contributed by atoms with Crippen LogP contribution in [0.4, 0.5) is 11.4 Å². The van der Waals surface area contributed by atoms with Gasteiger partial charge in [-0.05, 0) is 25.0 Å². The monoisotopic (exact) mass is 347 g/mol. The molecule has 0 aliphatic carbocycles. The lowest BCUT2D eigenvalue weighted by Crippen LogP contribution is -2.30. The number of amides is 1. The number of aryl methyl sites for hydroxylation is 2. The Hall–Kier alpha value is -2.94. The fourth-order valence-electron chi connectivity index (χ4n) is 2.29. The van der Waals surface area contributed by atoms with Crippen molar-refractivity contribution in [3.05, 3.63) is 51.8 Å². The normalized spacial score (nSPS) is 11.8. The maximum atomic E-state index is 11.9. The molecule has 2 rings (SSSR count). The number of anilines is 1. The number of nitrogens with zero attached hydrogens (tertiary/aromatic N) is 3. The van der Waals surface area contributed by atoms with E-state index in [1.807, 2.05) is 0 Å². The van der Waals surface area contributed by atoms with Crippen molar-refractivity contribution in [2.75, 3.05) is 18.4 Å². The quantitative estimate of drug-likeness (QED) is 0.376. The van der Waals surface area contributed by atoms with Crippen LogP contribution in [-0.2, 0) is 11.8 Å². The van der Waals surface area contributed by atoms with Crippen LogP contribution in [0, 0.1) is 17.0 Å². The zero-order chi connectivity index (χ0) is 18.4. The lowest BCUT2D eigenvalue weighted by Gasteiger charge is -2.11. The first-order valence-electron chi connectivity index (χ1n) is 7.81. The van der Waals surface area contributed by atoms with Gasteiger partial charge in [0.15, 0.2) is 6.10 Å². The number of carbonyl (C=O) groups excluding carboxylic acids is 1. The van der Waals surface area contributed by atoms with Gasteiger partial charge in [-0.15, -0.1) is 0 Å². The average molecular weight is 347 g/mol. The fraction of sp³-hybridized carbons (Fsp3) is 0.375. The van der Waals surface area contributed by atoms with Crippen LogP contribution in [0.25, 0.3) is 0 Å². The van der Waals surface area contributed by atoms with Gasteiger partial charge in [0.25, 0.3) is 11.6 Å². The molecular weight excluding hydrogens is 326 g/mol. The predicted molar refractivity (Wildman–Crippen MR) is 92.1 cm³/mol. The summed E-state index contributed by atoms with van der Waals surface area (Å²) >= 11 is 0. The van der Waals surface area contributed by atoms with E-state index in [9.17, 15) is 20.0 Å². The SMILES string of the molecule is Cc1ccc(NCCCNC(=O)[C@H](O)c2cnn(C)c2)c([N+](=O)[O-])c1. The number of benzene rings is 1. The molecule has 0 aliphatic heterocycles. The number of nitro benzene ring substituents is 1. The first-order chi connectivity index (χ1) is 11.9. The van der Waals surface area contributed by atoms with E-state index in [1.165, 1.54) is 16.9 Å². The summed E-state index contributed by atoms with van der Waals surface area (Å²) in [6, 6.07) is 4.97. The number of aromatic nitrogens is 2. The molecule has 1 atom stereocenters. The van der Waals surface area contributed by atoms with Crippen molar-refractivity contribution in [2.24, 2.45) is 7.05 Å². The van der Waals surface area contributed by atoms with Gasteiger partial charge in [-0.2, -0.15) is 5.10 Å². The summed E-state index contributed by atoms with van der Waals surface area (Å²) in [4.78, 5) is 22.5. The molecule has 0 fully saturated rings. The van der Waals surface area contributed by atoms with Crippen LogP contribution in [0.5, 0.6) is 0 Å². The van der Waals surface area contributed by atoms with E-state index in [0.29, 0.717) is 30.8 Å². The third-order valence-electron chi connectivity index (χ3n) is 3.61. The molecule has 0 spiro atoms. The second kappa shape index (κ2) is 8.25. The summed E-state index contributed by atoms with van der Waals surface area (Å²) in [7, 11) is 1.70. The largest absolute Gasteiger partial charge is 0.379 e. The Bertz CT molecular complexity index is 759. The van der Waals surface area contributed by atoms with Gasteiger partial charge in [-0.1, -0.05) is 6.07 Å². The van der Waals surface area contributed by atoms with Crippen LogP contribution < -0.4 is 10.6 Å². The minimum Gasteiger partial charge on any atom is -0.379 e. The number of nitrogens with one attached hydrogen (secondary N) is 2. The minimum atomic E-state index is -1.26. The van der Waals surface area contributed by atoms with Crippen molar-refractivity contribution < 1.29 is 14.8 Å². The van der Waals surface area contributed by atoms with E-state index in [-0.39, 0.29) is 5.69 Å². The highest BCUT2D eigenvalue weighted by atomic mass is 16.6. The molecule has 9 heteroatoms. The van der Waals surface area contributed by atoms with Gasteiger partial charge < -0.3 is 15.7 Å². The Morgan fingerprint density at radius 3 is 2.84 bits per heavy atom. The zero-order valence-electron chi connectivity index (χ0n) is 14.1. The van der Waals surface area contributed by atoms with Crippen molar-refractivity contribution in [3.8, 4) is 0 Å². The number of hydrogen-bond acceptors (Lipinski definition) is 6. The van der Waals surface area contributed by atoms with Crippen molar-refractivity contribution >= 4 is 17.3 Å². The molecule has 0 saturated carbocycles. The van der Waals surface area contributed by atoms with E-state index in [4.69, 9.17) is 0 Å². The van der Waals surface area contributed by atoms with Crippen molar-refractivity contribution in [3.63, 3.8) is 0 Å². The Labute approximate surface area is 144 Å². The second-order valence-electron chi connectivity index (χ2n) is 5.70. The first kappa shape index (κ1) is 18.4. The summed E-state index contributed by atoms with van der Waals surface area (Å²) < 4.78 is 1.50. The molecule has 1 heterocycles. The molecule has 3 N–H and O–H groups in total. The van der Waals surface area contributed by atoms with Gasteiger partial charge in [0.2, 0.25) is 0 Å². The van der Waals surface area contributed by atoms with Gasteiger partial charge in [-0.25, -0.2) is 0 Å². The van der Waals surface area contributed by atoms with Gasteiger partial charge in [-0.3, -0.25) is 19.6 Å². The number of rotatable bonds is 8. The van der Waals surface area contributed by atoms with Crippen LogP contribution in [0.15, 0.2) is 30.6 Å². The highest BCUT2D eigenvalue weighted by Gasteiger charge is 2.18. The molecule has 0 bridgehead atoms. The molecule has 0 saturated heterocycles. The van der Waals surface area contributed by atoms with Crippen LogP contribution in [0.2, 0.25) is 0 Å². The molecule has 0 aliphatic rings. The van der Waals surface area contributed by atoms with Gasteiger partial charge in [0.05, 0.1) is 11.1 Å². The molecule has 0 radical (unpaired) electrons. The highest BCUT2D eigenvalue weighted by molar-refractivity contribution is 5.81.